The monoisotopic (exact) mass is 468 g/mol. The first-order valence-corrected chi connectivity index (χ1v) is 10.4. The number of primary amides is 1. The van der Waals surface area contributed by atoms with E-state index in [-0.39, 0.29) is 12.8 Å². The maximum atomic E-state index is 12.9. The highest BCUT2D eigenvalue weighted by Gasteiger charge is 2.31. The van der Waals surface area contributed by atoms with Crippen molar-refractivity contribution in [1.29, 1.82) is 0 Å². The lowest BCUT2D eigenvalue weighted by molar-refractivity contribution is -0.142. The normalized spacial score (nSPS) is 14.4. The minimum atomic E-state index is -1.46. The number of imidazole rings is 1. The number of nitrogens with two attached hydrogens (primary N) is 3. The van der Waals surface area contributed by atoms with Crippen molar-refractivity contribution in [1.82, 2.24) is 25.9 Å². The summed E-state index contributed by atoms with van der Waals surface area (Å²) in [5, 5.41) is 16.5. The first-order chi connectivity index (χ1) is 15.5. The third-order valence-corrected chi connectivity index (χ3v) is 4.63. The van der Waals surface area contributed by atoms with Gasteiger partial charge in [0.05, 0.1) is 18.8 Å². The molecule has 0 aliphatic carbocycles. The van der Waals surface area contributed by atoms with E-state index in [1.54, 1.807) is 0 Å². The summed E-state index contributed by atoms with van der Waals surface area (Å²) in [6.45, 7) is 1.80. The standard InChI is InChI=1S/C19H32N8O6/c1-10(21)16(29)26-13(6-11-8-23-9-24-11)17(30)27-14(7-15(22)28)18(31)25-12(19(32)33)4-2-3-5-20/h8-10,12-14H,2-7,20-21H2,1H3,(H2,22,28)(H,23,24)(H,25,31)(H,26,29)(H,27,30)(H,32,33). The second-order valence-corrected chi connectivity index (χ2v) is 7.55. The SMILES string of the molecule is CC(N)C(=O)NC(Cc1cnc[nH]1)C(=O)NC(CC(N)=O)C(=O)NC(CCCCN)C(=O)O. The topological polar surface area (TPSA) is 248 Å². The van der Waals surface area contributed by atoms with Crippen molar-refractivity contribution < 1.29 is 29.1 Å². The van der Waals surface area contributed by atoms with Crippen molar-refractivity contribution in [2.45, 2.75) is 63.2 Å². The van der Waals surface area contributed by atoms with E-state index in [0.717, 1.165) is 0 Å². The van der Waals surface area contributed by atoms with Gasteiger partial charge in [-0.2, -0.15) is 0 Å². The van der Waals surface area contributed by atoms with Gasteiger partial charge in [-0.15, -0.1) is 0 Å². The van der Waals surface area contributed by atoms with Gasteiger partial charge >= 0.3 is 5.97 Å². The van der Waals surface area contributed by atoms with Gasteiger partial charge < -0.3 is 43.2 Å². The molecule has 0 aliphatic heterocycles. The molecule has 0 spiro atoms. The van der Waals surface area contributed by atoms with E-state index in [0.29, 0.717) is 25.1 Å². The smallest absolute Gasteiger partial charge is 0.326 e. The second kappa shape index (κ2) is 13.8. The van der Waals surface area contributed by atoms with Crippen molar-refractivity contribution in [3.05, 3.63) is 18.2 Å². The quantitative estimate of drug-likeness (QED) is 0.121. The molecule has 0 fully saturated rings. The van der Waals surface area contributed by atoms with Gasteiger partial charge in [0.15, 0.2) is 0 Å². The first kappa shape index (κ1) is 27.5. The third-order valence-electron chi connectivity index (χ3n) is 4.63. The van der Waals surface area contributed by atoms with E-state index in [9.17, 15) is 29.1 Å². The number of H-pyrrole nitrogens is 1. The van der Waals surface area contributed by atoms with Gasteiger partial charge in [-0.05, 0) is 32.7 Å². The fourth-order valence-corrected chi connectivity index (χ4v) is 2.83. The molecule has 4 amide bonds. The lowest BCUT2D eigenvalue weighted by Crippen LogP contribution is -2.58. The Morgan fingerprint density at radius 2 is 1.64 bits per heavy atom. The molecule has 1 aromatic rings. The van der Waals surface area contributed by atoms with Crippen LogP contribution in [0.1, 0.15) is 38.3 Å². The number of nitrogens with zero attached hydrogens (tertiary/aromatic N) is 1. The minimum Gasteiger partial charge on any atom is -0.480 e. The molecular formula is C19H32N8O6. The number of aromatic amines is 1. The zero-order valence-corrected chi connectivity index (χ0v) is 18.4. The van der Waals surface area contributed by atoms with Crippen LogP contribution in [0.2, 0.25) is 0 Å². The molecule has 4 unspecified atom stereocenters. The molecule has 11 N–H and O–H groups in total. The average molecular weight is 469 g/mol. The van der Waals surface area contributed by atoms with Gasteiger partial charge in [-0.1, -0.05) is 0 Å². The van der Waals surface area contributed by atoms with Gasteiger partial charge in [0.1, 0.15) is 18.1 Å². The van der Waals surface area contributed by atoms with Crippen molar-refractivity contribution in [2.75, 3.05) is 6.54 Å². The van der Waals surface area contributed by atoms with Crippen molar-refractivity contribution >= 4 is 29.6 Å². The van der Waals surface area contributed by atoms with Crippen LogP contribution >= 0.6 is 0 Å². The number of carboxylic acids is 1. The molecule has 33 heavy (non-hydrogen) atoms. The van der Waals surface area contributed by atoms with Crippen LogP contribution in [-0.4, -0.2) is 75.4 Å². The van der Waals surface area contributed by atoms with E-state index in [2.05, 4.69) is 25.9 Å². The largest absolute Gasteiger partial charge is 0.480 e. The highest BCUT2D eigenvalue weighted by Crippen LogP contribution is 2.05. The Hall–Kier alpha value is -3.52. The van der Waals surface area contributed by atoms with Crippen LogP contribution in [0.4, 0.5) is 0 Å². The zero-order chi connectivity index (χ0) is 25.0. The van der Waals surface area contributed by atoms with Crippen LogP contribution in [0, 0.1) is 0 Å². The molecule has 0 radical (unpaired) electrons. The fourth-order valence-electron chi connectivity index (χ4n) is 2.83. The van der Waals surface area contributed by atoms with E-state index in [1.807, 2.05) is 0 Å². The van der Waals surface area contributed by atoms with Gasteiger partial charge in [-0.3, -0.25) is 19.2 Å². The van der Waals surface area contributed by atoms with Gasteiger partial charge in [-0.25, -0.2) is 9.78 Å². The molecule has 14 heteroatoms. The predicted octanol–water partition coefficient (Wildman–Crippen LogP) is -3.16. The Morgan fingerprint density at radius 3 is 2.15 bits per heavy atom. The first-order valence-electron chi connectivity index (χ1n) is 10.4. The van der Waals surface area contributed by atoms with Crippen LogP contribution in [0.15, 0.2) is 12.5 Å². The number of carbonyl (C=O) groups excluding carboxylic acids is 4. The lowest BCUT2D eigenvalue weighted by atomic mass is 10.1. The maximum Gasteiger partial charge on any atom is 0.326 e. The lowest BCUT2D eigenvalue weighted by Gasteiger charge is -2.24. The summed E-state index contributed by atoms with van der Waals surface area (Å²) in [6, 6.07) is -4.76. The van der Waals surface area contributed by atoms with Crippen LogP contribution in [0.25, 0.3) is 0 Å². The second-order valence-electron chi connectivity index (χ2n) is 7.55. The van der Waals surface area contributed by atoms with E-state index >= 15 is 0 Å². The number of rotatable bonds is 15. The summed E-state index contributed by atoms with van der Waals surface area (Å²) in [5.74, 6) is -4.48. The molecule has 1 aromatic heterocycles. The van der Waals surface area contributed by atoms with Crippen LogP contribution in [-0.2, 0) is 30.4 Å². The van der Waals surface area contributed by atoms with Crippen molar-refractivity contribution in [3.63, 3.8) is 0 Å². The number of carbonyl (C=O) groups is 5. The summed E-state index contributed by atoms with van der Waals surface area (Å²) in [4.78, 5) is 67.2. The average Bonchev–Trinajstić information content (AvgIpc) is 3.24. The minimum absolute atomic E-state index is 0.00789. The third kappa shape index (κ3) is 10.1. The summed E-state index contributed by atoms with van der Waals surface area (Å²) < 4.78 is 0. The molecule has 184 valence electrons. The van der Waals surface area contributed by atoms with E-state index in [1.165, 1.54) is 19.4 Å². The molecule has 14 nitrogen and oxygen atoms in total. The maximum absolute atomic E-state index is 12.9. The highest BCUT2D eigenvalue weighted by molar-refractivity contribution is 5.96. The fraction of sp³-hybridized carbons (Fsp3) is 0.579. The molecule has 0 bridgehead atoms. The van der Waals surface area contributed by atoms with Gasteiger partial charge in [0.25, 0.3) is 0 Å². The molecule has 1 heterocycles. The number of amides is 4. The number of hydrogen-bond donors (Lipinski definition) is 8. The Bertz CT molecular complexity index is 813. The van der Waals surface area contributed by atoms with Crippen LogP contribution in [0.5, 0.6) is 0 Å². The number of nitrogens with one attached hydrogen (secondary N) is 4. The molecule has 1 rings (SSSR count). The van der Waals surface area contributed by atoms with Crippen molar-refractivity contribution in [2.24, 2.45) is 17.2 Å². The van der Waals surface area contributed by atoms with Gasteiger partial charge in [0.2, 0.25) is 23.6 Å². The zero-order valence-electron chi connectivity index (χ0n) is 18.4. The highest BCUT2D eigenvalue weighted by atomic mass is 16.4. The molecular weight excluding hydrogens is 436 g/mol. The number of aromatic nitrogens is 2. The summed E-state index contributed by atoms with van der Waals surface area (Å²) in [7, 11) is 0. The Labute approximate surface area is 190 Å². The van der Waals surface area contributed by atoms with Crippen LogP contribution < -0.4 is 33.2 Å². The Morgan fingerprint density at radius 1 is 1.03 bits per heavy atom. The van der Waals surface area contributed by atoms with Crippen molar-refractivity contribution in [3.8, 4) is 0 Å². The molecule has 0 saturated heterocycles. The number of hydrogen-bond acceptors (Lipinski definition) is 8. The summed E-state index contributed by atoms with van der Waals surface area (Å²) in [5.41, 5.74) is 16.7. The molecule has 0 aliphatic rings. The summed E-state index contributed by atoms with van der Waals surface area (Å²) >= 11 is 0. The van der Waals surface area contributed by atoms with Gasteiger partial charge in [0, 0.05) is 18.3 Å². The molecule has 4 atom stereocenters. The van der Waals surface area contributed by atoms with E-state index in [4.69, 9.17) is 17.2 Å². The number of unbranched alkanes of at least 4 members (excludes halogenated alkanes) is 1. The van der Waals surface area contributed by atoms with E-state index < -0.39 is 60.2 Å². The predicted molar refractivity (Wildman–Crippen MR) is 116 cm³/mol. The Kier molecular flexibility index (Phi) is 11.5. The van der Waals surface area contributed by atoms with Crippen LogP contribution in [0.3, 0.4) is 0 Å². The molecule has 0 aromatic carbocycles. The number of aliphatic carboxylic acids is 1. The molecule has 0 saturated carbocycles. The number of carboxylic acid groups (broad SMARTS) is 1. The Balaban J connectivity index is 2.97. The summed E-state index contributed by atoms with van der Waals surface area (Å²) in [6.07, 6.45) is 3.38.